The summed E-state index contributed by atoms with van der Waals surface area (Å²) in [7, 11) is 0. The molecule has 0 radical (unpaired) electrons. The van der Waals surface area contributed by atoms with Crippen molar-refractivity contribution < 1.29 is 14.7 Å². The molecule has 0 spiro atoms. The zero-order chi connectivity index (χ0) is 22.1. The maximum absolute atomic E-state index is 12.3. The van der Waals surface area contributed by atoms with Gasteiger partial charge < -0.3 is 15.7 Å². The summed E-state index contributed by atoms with van der Waals surface area (Å²) in [5, 5.41) is 10.0. The van der Waals surface area contributed by atoms with Crippen molar-refractivity contribution in [3.05, 3.63) is 63.0 Å². The van der Waals surface area contributed by atoms with E-state index in [1.807, 2.05) is 0 Å². The number of hydrogen-bond acceptors (Lipinski definition) is 7. The first-order chi connectivity index (χ1) is 14.3. The van der Waals surface area contributed by atoms with E-state index in [9.17, 15) is 14.7 Å². The summed E-state index contributed by atoms with van der Waals surface area (Å²) in [6.45, 7) is 3.71. The molecule has 2 aromatic rings. The number of halogens is 1. The van der Waals surface area contributed by atoms with Gasteiger partial charge in [0.1, 0.15) is 11.6 Å². The van der Waals surface area contributed by atoms with E-state index in [-0.39, 0.29) is 18.9 Å². The highest BCUT2D eigenvalue weighted by Crippen LogP contribution is 2.27. The second kappa shape index (κ2) is 11.7. The van der Waals surface area contributed by atoms with Crippen LogP contribution in [-0.2, 0) is 11.3 Å². The number of anilines is 1. The molecule has 30 heavy (non-hydrogen) atoms. The van der Waals surface area contributed by atoms with Crippen molar-refractivity contribution in [2.45, 2.75) is 33.2 Å². The van der Waals surface area contributed by atoms with Crippen LogP contribution in [0.25, 0.3) is 0 Å². The van der Waals surface area contributed by atoms with Crippen molar-refractivity contribution in [1.82, 2.24) is 14.9 Å². The first-order valence-corrected chi connectivity index (χ1v) is 10.7. The molecule has 160 valence electrons. The van der Waals surface area contributed by atoms with Crippen LogP contribution in [0.15, 0.2) is 41.1 Å². The number of aliphatic hydroxyl groups excluding tert-OH is 1. The second-order valence-corrected chi connectivity index (χ2v) is 8.20. The van der Waals surface area contributed by atoms with Crippen LogP contribution in [0.2, 0.25) is 5.02 Å². The summed E-state index contributed by atoms with van der Waals surface area (Å²) in [4.78, 5) is 34.6. The maximum Gasteiger partial charge on any atom is 0.214 e. The van der Waals surface area contributed by atoms with E-state index in [1.54, 1.807) is 44.3 Å². The number of aryl methyl sites for hydroxylation is 1. The molecule has 0 fully saturated rings. The molecule has 0 aliphatic rings. The number of hydrogen-bond donors (Lipinski definition) is 2. The minimum Gasteiger partial charge on any atom is -0.396 e. The molecular formula is C21H25ClN4O3S. The topological polar surface area (TPSA) is 109 Å². The molecule has 1 aromatic carbocycles. The van der Waals surface area contributed by atoms with Gasteiger partial charge in [0.2, 0.25) is 6.41 Å². The number of aliphatic hydroxyl groups is 1. The number of benzene rings is 1. The lowest BCUT2D eigenvalue weighted by atomic mass is 10.1. The average molecular weight is 449 g/mol. The molecule has 1 amide bonds. The van der Waals surface area contributed by atoms with Crippen molar-refractivity contribution in [2.75, 3.05) is 18.1 Å². The van der Waals surface area contributed by atoms with Crippen molar-refractivity contribution >= 4 is 41.4 Å². The highest BCUT2D eigenvalue weighted by atomic mass is 35.5. The Morgan fingerprint density at radius 2 is 2.00 bits per heavy atom. The highest BCUT2D eigenvalue weighted by Gasteiger charge is 2.15. The van der Waals surface area contributed by atoms with Gasteiger partial charge in [-0.15, -0.1) is 11.8 Å². The first-order valence-electron chi connectivity index (χ1n) is 9.37. The normalized spacial score (nSPS) is 11.7. The Morgan fingerprint density at radius 1 is 1.30 bits per heavy atom. The molecule has 0 aliphatic heterocycles. The number of allylic oxidation sites excluding steroid dienone is 1. The summed E-state index contributed by atoms with van der Waals surface area (Å²) >= 11 is 7.31. The largest absolute Gasteiger partial charge is 0.396 e. The SMILES string of the molecule is C/C(=C(\CCO)SCCC(=O)c1ccc(Cl)cc1)N(C=O)Cc1cnc(C)nc1N. The molecule has 1 aromatic heterocycles. The van der Waals surface area contributed by atoms with Crippen LogP contribution in [0.4, 0.5) is 5.82 Å². The Hall–Kier alpha value is -2.42. The van der Waals surface area contributed by atoms with Gasteiger partial charge in [-0.2, -0.15) is 0 Å². The van der Waals surface area contributed by atoms with E-state index in [4.69, 9.17) is 17.3 Å². The minimum atomic E-state index is -0.0622. The molecular weight excluding hydrogens is 424 g/mol. The van der Waals surface area contributed by atoms with Gasteiger partial charge in [-0.25, -0.2) is 9.97 Å². The van der Waals surface area contributed by atoms with Crippen LogP contribution >= 0.6 is 23.4 Å². The number of carbonyl (C=O) groups is 2. The van der Waals surface area contributed by atoms with Crippen molar-refractivity contribution in [1.29, 1.82) is 0 Å². The minimum absolute atomic E-state index is 0.0111. The van der Waals surface area contributed by atoms with Crippen LogP contribution in [0.1, 0.15) is 41.5 Å². The molecule has 0 aliphatic carbocycles. The van der Waals surface area contributed by atoms with E-state index in [2.05, 4.69) is 9.97 Å². The maximum atomic E-state index is 12.3. The molecule has 2 rings (SSSR count). The summed E-state index contributed by atoms with van der Waals surface area (Å²) in [5.41, 5.74) is 7.88. The number of thioether (sulfide) groups is 1. The number of Topliss-reactive ketones (excluding diaryl/α,β-unsaturated/α-hetero) is 1. The second-order valence-electron chi connectivity index (χ2n) is 6.57. The van der Waals surface area contributed by atoms with Gasteiger partial charge in [-0.1, -0.05) is 11.6 Å². The molecule has 0 saturated carbocycles. The predicted octanol–water partition coefficient (Wildman–Crippen LogP) is 3.60. The third kappa shape index (κ3) is 6.83. The van der Waals surface area contributed by atoms with E-state index < -0.39 is 0 Å². The first kappa shape index (κ1) is 23.9. The Balaban J connectivity index is 2.07. The fraction of sp³-hybridized carbons (Fsp3) is 0.333. The van der Waals surface area contributed by atoms with Crippen LogP contribution in [0.5, 0.6) is 0 Å². The van der Waals surface area contributed by atoms with Crippen LogP contribution < -0.4 is 5.73 Å². The zero-order valence-corrected chi connectivity index (χ0v) is 18.5. The summed E-state index contributed by atoms with van der Waals surface area (Å²) < 4.78 is 0. The molecule has 9 heteroatoms. The summed E-state index contributed by atoms with van der Waals surface area (Å²) in [6, 6.07) is 6.78. The van der Waals surface area contributed by atoms with Gasteiger partial charge in [0.05, 0.1) is 6.54 Å². The third-order valence-corrected chi connectivity index (χ3v) is 5.94. The lowest BCUT2D eigenvalue weighted by molar-refractivity contribution is -0.116. The number of amides is 1. The van der Waals surface area contributed by atoms with E-state index >= 15 is 0 Å². The zero-order valence-electron chi connectivity index (χ0n) is 17.0. The van der Waals surface area contributed by atoms with Crippen LogP contribution in [0.3, 0.4) is 0 Å². The van der Waals surface area contributed by atoms with E-state index in [0.717, 1.165) is 4.91 Å². The number of nitrogens with two attached hydrogens (primary N) is 1. The van der Waals surface area contributed by atoms with Gasteiger partial charge in [-0.3, -0.25) is 9.59 Å². The third-order valence-electron chi connectivity index (χ3n) is 4.43. The quantitative estimate of drug-likeness (QED) is 0.399. The van der Waals surface area contributed by atoms with Crippen molar-refractivity contribution in [3.63, 3.8) is 0 Å². The molecule has 3 N–H and O–H groups in total. The fourth-order valence-electron chi connectivity index (χ4n) is 2.72. The number of nitrogen functional groups attached to an aromatic ring is 1. The van der Waals surface area contributed by atoms with Crippen molar-refractivity contribution in [3.8, 4) is 0 Å². The number of carbonyl (C=O) groups excluding carboxylic acids is 2. The molecule has 0 saturated heterocycles. The standard InChI is InChI=1S/C21H25ClN4O3S/c1-14(26(13-28)12-17-11-24-15(2)25-21(17)23)20(7-9-27)30-10-8-19(29)16-3-5-18(22)6-4-16/h3-6,11,13,27H,7-10,12H2,1-2H3,(H2,23,24,25)/b20-14-. The predicted molar refractivity (Wildman–Crippen MR) is 120 cm³/mol. The Labute approximate surface area is 185 Å². The monoisotopic (exact) mass is 448 g/mol. The smallest absolute Gasteiger partial charge is 0.214 e. The molecule has 0 bridgehead atoms. The summed E-state index contributed by atoms with van der Waals surface area (Å²) in [5.74, 6) is 1.42. The van der Waals surface area contributed by atoms with Crippen LogP contribution in [-0.4, -0.2) is 44.5 Å². The Bertz CT molecular complexity index is 919. The molecule has 1 heterocycles. The van der Waals surface area contributed by atoms with Gasteiger partial charge in [0.15, 0.2) is 5.78 Å². The molecule has 0 unspecified atom stereocenters. The summed E-state index contributed by atoms with van der Waals surface area (Å²) in [6.07, 6.45) is 3.03. The molecule has 7 nitrogen and oxygen atoms in total. The lowest BCUT2D eigenvalue weighted by Crippen LogP contribution is -2.22. The molecule has 0 atom stereocenters. The number of rotatable bonds is 11. The van der Waals surface area contributed by atoms with Gasteiger partial charge in [0.25, 0.3) is 0 Å². The fourth-order valence-corrected chi connectivity index (χ4v) is 3.94. The number of ketones is 1. The Kier molecular flexibility index (Phi) is 9.29. The van der Waals surface area contributed by atoms with Gasteiger partial charge in [0, 0.05) is 58.1 Å². The van der Waals surface area contributed by atoms with Crippen LogP contribution in [0, 0.1) is 6.92 Å². The number of nitrogens with zero attached hydrogens (tertiary/aromatic N) is 3. The van der Waals surface area contributed by atoms with E-state index in [0.29, 0.717) is 58.5 Å². The average Bonchev–Trinajstić information content (AvgIpc) is 2.72. The van der Waals surface area contributed by atoms with Gasteiger partial charge in [-0.05, 0) is 38.1 Å². The van der Waals surface area contributed by atoms with Crippen molar-refractivity contribution in [2.24, 2.45) is 0 Å². The highest BCUT2D eigenvalue weighted by molar-refractivity contribution is 8.03. The van der Waals surface area contributed by atoms with Gasteiger partial charge >= 0.3 is 0 Å². The van der Waals surface area contributed by atoms with E-state index in [1.165, 1.54) is 16.7 Å². The lowest BCUT2D eigenvalue weighted by Gasteiger charge is -2.22. The number of aromatic nitrogens is 2. The Morgan fingerprint density at radius 3 is 2.60 bits per heavy atom.